The first-order valence-electron chi connectivity index (χ1n) is 8.16. The summed E-state index contributed by atoms with van der Waals surface area (Å²) in [7, 11) is -2.23. The van der Waals surface area contributed by atoms with Crippen LogP contribution in [-0.4, -0.2) is 19.5 Å². The number of nitrogens with zero attached hydrogens (tertiary/aromatic N) is 1. The number of oxazole rings is 1. The van der Waals surface area contributed by atoms with Crippen LogP contribution in [0.2, 0.25) is 0 Å². The number of halogens is 1. The maximum atomic E-state index is 13.1. The maximum absolute atomic E-state index is 13.1. The molecule has 2 aromatic carbocycles. The second kappa shape index (κ2) is 5.78. The van der Waals surface area contributed by atoms with Gasteiger partial charge in [-0.2, -0.15) is 0 Å². The van der Waals surface area contributed by atoms with Crippen molar-refractivity contribution in [1.82, 2.24) is 9.29 Å². The number of rotatable bonds is 5. The van der Waals surface area contributed by atoms with Gasteiger partial charge in [-0.25, -0.2) is 22.3 Å². The molecule has 8 heteroatoms. The Morgan fingerprint density at radius 1 is 1.19 bits per heavy atom. The van der Waals surface area contributed by atoms with E-state index in [2.05, 4.69) is 4.72 Å². The lowest BCUT2D eigenvalue weighted by atomic mass is 9.96. The first kappa shape index (κ1) is 17.0. The van der Waals surface area contributed by atoms with Crippen LogP contribution in [0.4, 0.5) is 4.39 Å². The molecule has 0 spiro atoms. The second-order valence-corrected chi connectivity index (χ2v) is 8.44. The Balaban J connectivity index is 1.59. The van der Waals surface area contributed by atoms with Crippen molar-refractivity contribution in [2.45, 2.75) is 23.2 Å². The number of nitrogens with one attached hydrogen (secondary N) is 1. The van der Waals surface area contributed by atoms with Crippen LogP contribution in [0.15, 0.2) is 56.6 Å². The summed E-state index contributed by atoms with van der Waals surface area (Å²) in [6.07, 6.45) is 1.69. The number of fused-ring (bicyclic) bond motifs is 1. The first-order chi connectivity index (χ1) is 12.3. The Labute approximate surface area is 149 Å². The normalized spacial score (nSPS) is 16.1. The quantitative estimate of drug-likeness (QED) is 0.741. The summed E-state index contributed by atoms with van der Waals surface area (Å²) in [5.74, 6) is -0.861. The molecule has 1 heterocycles. The Morgan fingerprint density at radius 2 is 1.88 bits per heavy atom. The van der Waals surface area contributed by atoms with Gasteiger partial charge in [-0.3, -0.25) is 4.57 Å². The largest absolute Gasteiger partial charge is 0.419 e. The van der Waals surface area contributed by atoms with E-state index in [4.69, 9.17) is 4.42 Å². The summed E-state index contributed by atoms with van der Waals surface area (Å²) in [6, 6.07) is 10.5. The van der Waals surface area contributed by atoms with Gasteiger partial charge in [0.05, 0.1) is 10.4 Å². The van der Waals surface area contributed by atoms with Crippen LogP contribution in [0.25, 0.3) is 11.1 Å². The maximum Gasteiger partial charge on any atom is 0.419 e. The van der Waals surface area contributed by atoms with Gasteiger partial charge in [0.1, 0.15) is 5.82 Å². The third-order valence-corrected chi connectivity index (χ3v) is 6.38. The zero-order chi connectivity index (χ0) is 18.5. The van der Waals surface area contributed by atoms with E-state index in [-0.39, 0.29) is 22.7 Å². The minimum absolute atomic E-state index is 0.0660. The molecule has 1 aliphatic rings. The second-order valence-electron chi connectivity index (χ2n) is 6.67. The Morgan fingerprint density at radius 3 is 2.54 bits per heavy atom. The van der Waals surface area contributed by atoms with E-state index >= 15 is 0 Å². The van der Waals surface area contributed by atoms with Crippen LogP contribution in [0.1, 0.15) is 18.4 Å². The molecule has 0 aliphatic heterocycles. The molecule has 1 N–H and O–H groups in total. The number of aromatic nitrogens is 1. The van der Waals surface area contributed by atoms with Crippen molar-refractivity contribution in [3.63, 3.8) is 0 Å². The Hall–Kier alpha value is -2.45. The molecule has 3 aromatic rings. The Bertz CT molecular complexity index is 1140. The monoisotopic (exact) mass is 376 g/mol. The van der Waals surface area contributed by atoms with Gasteiger partial charge >= 0.3 is 5.76 Å². The van der Waals surface area contributed by atoms with E-state index in [1.165, 1.54) is 41.9 Å². The van der Waals surface area contributed by atoms with Gasteiger partial charge in [0.2, 0.25) is 10.0 Å². The highest BCUT2D eigenvalue weighted by Gasteiger charge is 2.44. The lowest BCUT2D eigenvalue weighted by Gasteiger charge is -2.17. The fourth-order valence-electron chi connectivity index (χ4n) is 3.11. The SMILES string of the molecule is Cn1c(=O)oc2ccc(S(=O)(=O)NCC3(c4ccc(F)cc4)CC3)cc21. The molecule has 0 unspecified atom stereocenters. The smallest absolute Gasteiger partial charge is 0.408 e. The van der Waals surface area contributed by atoms with Crippen molar-refractivity contribution in [2.75, 3.05) is 6.54 Å². The van der Waals surface area contributed by atoms with Crippen LogP contribution in [0, 0.1) is 5.82 Å². The minimum Gasteiger partial charge on any atom is -0.408 e. The van der Waals surface area contributed by atoms with E-state index in [1.807, 2.05) is 0 Å². The van der Waals surface area contributed by atoms with E-state index < -0.39 is 15.8 Å². The lowest BCUT2D eigenvalue weighted by molar-refractivity contribution is 0.528. The molecule has 0 saturated heterocycles. The van der Waals surface area contributed by atoms with Crippen molar-refractivity contribution in [2.24, 2.45) is 7.05 Å². The summed E-state index contributed by atoms with van der Waals surface area (Å²) >= 11 is 0. The van der Waals surface area contributed by atoms with Crippen LogP contribution in [0.5, 0.6) is 0 Å². The highest BCUT2D eigenvalue weighted by Crippen LogP contribution is 2.47. The van der Waals surface area contributed by atoms with Gasteiger partial charge < -0.3 is 4.42 Å². The zero-order valence-electron chi connectivity index (χ0n) is 14.0. The molecule has 1 saturated carbocycles. The molecular weight excluding hydrogens is 359 g/mol. The first-order valence-corrected chi connectivity index (χ1v) is 9.64. The zero-order valence-corrected chi connectivity index (χ0v) is 14.8. The molecule has 1 aliphatic carbocycles. The van der Waals surface area contributed by atoms with Gasteiger partial charge in [0.15, 0.2) is 5.58 Å². The number of benzene rings is 2. The van der Waals surface area contributed by atoms with E-state index in [0.717, 1.165) is 18.4 Å². The van der Waals surface area contributed by atoms with Crippen LogP contribution in [0.3, 0.4) is 0 Å². The number of aryl methyl sites for hydroxylation is 1. The van der Waals surface area contributed by atoms with Gasteiger partial charge in [0, 0.05) is 19.0 Å². The van der Waals surface area contributed by atoms with Gasteiger partial charge in [-0.05, 0) is 48.7 Å². The fraction of sp³-hybridized carbons (Fsp3) is 0.278. The average Bonchev–Trinajstić information content (AvgIpc) is 3.36. The van der Waals surface area contributed by atoms with Crippen LogP contribution < -0.4 is 10.5 Å². The van der Waals surface area contributed by atoms with Crippen molar-refractivity contribution in [3.05, 3.63) is 64.4 Å². The molecule has 0 amide bonds. The third kappa shape index (κ3) is 2.85. The highest BCUT2D eigenvalue weighted by atomic mass is 32.2. The molecule has 6 nitrogen and oxygen atoms in total. The summed E-state index contributed by atoms with van der Waals surface area (Å²) in [6.45, 7) is 0.239. The van der Waals surface area contributed by atoms with Crippen LogP contribution >= 0.6 is 0 Å². The van der Waals surface area contributed by atoms with E-state index in [9.17, 15) is 17.6 Å². The molecule has 4 rings (SSSR count). The number of hydrogen-bond donors (Lipinski definition) is 1. The predicted octanol–water partition coefficient (Wildman–Crippen LogP) is 2.28. The molecule has 136 valence electrons. The standard InChI is InChI=1S/C18H17FN2O4S/c1-21-15-10-14(6-7-16(15)25-17(21)22)26(23,24)20-11-18(8-9-18)12-2-4-13(19)5-3-12/h2-7,10,20H,8-9,11H2,1H3. The molecular formula is C18H17FN2O4S. The number of sulfonamides is 1. The minimum atomic E-state index is -3.75. The molecule has 0 atom stereocenters. The molecule has 0 bridgehead atoms. The van der Waals surface area contributed by atoms with Crippen molar-refractivity contribution >= 4 is 21.1 Å². The summed E-state index contributed by atoms with van der Waals surface area (Å²) in [4.78, 5) is 11.6. The van der Waals surface area contributed by atoms with Gasteiger partial charge in [0.25, 0.3) is 0 Å². The fourth-order valence-corrected chi connectivity index (χ4v) is 4.26. The summed E-state index contributed by atoms with van der Waals surface area (Å²) < 4.78 is 47.4. The summed E-state index contributed by atoms with van der Waals surface area (Å²) in [5, 5.41) is 0. The third-order valence-electron chi connectivity index (χ3n) is 4.98. The molecule has 26 heavy (non-hydrogen) atoms. The summed E-state index contributed by atoms with van der Waals surface area (Å²) in [5.41, 5.74) is 1.39. The topological polar surface area (TPSA) is 81.3 Å². The number of hydrogen-bond acceptors (Lipinski definition) is 4. The van der Waals surface area contributed by atoms with E-state index in [1.54, 1.807) is 12.1 Å². The molecule has 0 radical (unpaired) electrons. The predicted molar refractivity (Wildman–Crippen MR) is 94.0 cm³/mol. The molecule has 1 fully saturated rings. The Kier molecular flexibility index (Phi) is 3.78. The van der Waals surface area contributed by atoms with Crippen LogP contribution in [-0.2, 0) is 22.5 Å². The average molecular weight is 376 g/mol. The van der Waals surface area contributed by atoms with Crippen molar-refractivity contribution in [1.29, 1.82) is 0 Å². The van der Waals surface area contributed by atoms with Crippen molar-refractivity contribution < 1.29 is 17.2 Å². The highest BCUT2D eigenvalue weighted by molar-refractivity contribution is 7.89. The van der Waals surface area contributed by atoms with Gasteiger partial charge in [-0.1, -0.05) is 12.1 Å². The lowest BCUT2D eigenvalue weighted by Crippen LogP contribution is -2.32. The van der Waals surface area contributed by atoms with Crippen molar-refractivity contribution in [3.8, 4) is 0 Å². The molecule has 1 aromatic heterocycles. The van der Waals surface area contributed by atoms with Gasteiger partial charge in [-0.15, -0.1) is 0 Å². The van der Waals surface area contributed by atoms with E-state index in [0.29, 0.717) is 11.1 Å².